The lowest BCUT2D eigenvalue weighted by molar-refractivity contribution is -0.185. The van der Waals surface area contributed by atoms with Gasteiger partial charge < -0.3 is 30.4 Å². The molecule has 0 amide bonds. The van der Waals surface area contributed by atoms with Crippen molar-refractivity contribution in [1.29, 1.82) is 0 Å². The summed E-state index contributed by atoms with van der Waals surface area (Å²) in [6.07, 6.45) is -5.16. The molecule has 13 heteroatoms. The zero-order chi connectivity index (χ0) is 32.9. The summed E-state index contributed by atoms with van der Waals surface area (Å²) < 4.78 is 86.3. The molecular formula is C32H33F5N2O6. The summed E-state index contributed by atoms with van der Waals surface area (Å²) in [5, 5.41) is 0. The van der Waals surface area contributed by atoms with Crippen molar-refractivity contribution in [1.82, 2.24) is 0 Å². The molecule has 0 spiro atoms. The number of esters is 2. The smallest absolute Gasteiger partial charge is 0.426 e. The Balaban J connectivity index is 1.35. The van der Waals surface area contributed by atoms with Gasteiger partial charge in [0.05, 0.1) is 30.9 Å². The number of carbonyl (C=O) groups is 2. The molecule has 3 aromatic rings. The number of rotatable bonds is 16. The molecule has 0 atom stereocenters. The average molecular weight is 637 g/mol. The zero-order valence-electron chi connectivity index (χ0n) is 24.2. The summed E-state index contributed by atoms with van der Waals surface area (Å²) >= 11 is 0. The fourth-order valence-electron chi connectivity index (χ4n) is 3.85. The van der Waals surface area contributed by atoms with E-state index in [1.165, 1.54) is 66.7 Å². The van der Waals surface area contributed by atoms with E-state index in [2.05, 4.69) is 0 Å². The molecule has 3 rings (SSSR count). The Kier molecular flexibility index (Phi) is 12.6. The summed E-state index contributed by atoms with van der Waals surface area (Å²) in [6.45, 7) is 0.247. The molecular weight excluding hydrogens is 603 g/mol. The number of ether oxygens (including phenoxy) is 4. The minimum atomic E-state index is -4.22. The van der Waals surface area contributed by atoms with E-state index in [9.17, 15) is 31.5 Å². The van der Waals surface area contributed by atoms with E-state index in [1.54, 1.807) is 0 Å². The van der Waals surface area contributed by atoms with Gasteiger partial charge in [0, 0.05) is 23.9 Å². The van der Waals surface area contributed by atoms with Crippen molar-refractivity contribution in [3.05, 3.63) is 89.5 Å². The van der Waals surface area contributed by atoms with Crippen LogP contribution in [0.4, 0.5) is 33.3 Å². The van der Waals surface area contributed by atoms with E-state index >= 15 is 0 Å². The highest BCUT2D eigenvalue weighted by Gasteiger charge is 2.34. The summed E-state index contributed by atoms with van der Waals surface area (Å²) in [6, 6.07) is 14.8. The van der Waals surface area contributed by atoms with E-state index in [-0.39, 0.29) is 49.7 Å². The molecule has 0 aliphatic carbocycles. The quantitative estimate of drug-likeness (QED) is 0.0553. The lowest BCUT2D eigenvalue weighted by Crippen LogP contribution is -2.21. The fraction of sp³-hybridized carbons (Fsp3) is 0.312. The predicted molar refractivity (Wildman–Crippen MR) is 158 cm³/mol. The third kappa shape index (κ3) is 12.8. The van der Waals surface area contributed by atoms with Crippen molar-refractivity contribution >= 4 is 29.4 Å². The van der Waals surface area contributed by atoms with Crippen LogP contribution in [0.15, 0.2) is 72.8 Å². The monoisotopic (exact) mass is 636 g/mol. The predicted octanol–water partition coefficient (Wildman–Crippen LogP) is 7.28. The Labute approximate surface area is 256 Å². The molecule has 0 aromatic heterocycles. The number of hydrogen-bond donors (Lipinski definition) is 2. The first-order valence-electron chi connectivity index (χ1n) is 14.0. The van der Waals surface area contributed by atoms with Crippen LogP contribution in [0.2, 0.25) is 0 Å². The second-order valence-electron chi connectivity index (χ2n) is 9.87. The maximum Gasteiger partial charge on any atom is 0.426 e. The standard InChI is InChI=1S/C32H33F5N2O6/c33-31(34,35)15-1-2-16-42-27-12-8-24(9-13-27)32(36,37)45-28-10-5-22(6-11-28)7-14-29(40)43-17-3-4-18-44-30(41)23-19-25(38)21-26(39)20-23/h5-14,19-21H,1-4,15-18,38-39H2. The van der Waals surface area contributed by atoms with E-state index < -0.39 is 36.2 Å². The van der Waals surface area contributed by atoms with Crippen LogP contribution in [0.25, 0.3) is 6.08 Å². The second kappa shape index (κ2) is 16.3. The number of nitrogen functional groups attached to an aromatic ring is 2. The number of nitrogens with two attached hydrogens (primary N) is 2. The van der Waals surface area contributed by atoms with E-state index in [1.807, 2.05) is 0 Å². The highest BCUT2D eigenvalue weighted by Crippen LogP contribution is 2.33. The molecule has 45 heavy (non-hydrogen) atoms. The van der Waals surface area contributed by atoms with Gasteiger partial charge in [-0.05, 0) is 91.9 Å². The van der Waals surface area contributed by atoms with Crippen molar-refractivity contribution in [2.24, 2.45) is 0 Å². The first kappa shape index (κ1) is 34.7. The van der Waals surface area contributed by atoms with E-state index in [0.29, 0.717) is 29.8 Å². The van der Waals surface area contributed by atoms with E-state index in [4.69, 9.17) is 30.4 Å². The summed E-state index contributed by atoms with van der Waals surface area (Å²) in [5.41, 5.74) is 12.4. The van der Waals surface area contributed by atoms with Gasteiger partial charge in [0.25, 0.3) is 0 Å². The molecule has 3 aromatic carbocycles. The van der Waals surface area contributed by atoms with Crippen LogP contribution in [0.5, 0.6) is 11.5 Å². The van der Waals surface area contributed by atoms with Gasteiger partial charge in [-0.1, -0.05) is 12.1 Å². The summed E-state index contributed by atoms with van der Waals surface area (Å²) in [7, 11) is 0. The molecule has 0 radical (unpaired) electrons. The van der Waals surface area contributed by atoms with Crippen LogP contribution in [-0.2, 0) is 20.4 Å². The molecule has 0 heterocycles. The van der Waals surface area contributed by atoms with Crippen molar-refractivity contribution in [2.75, 3.05) is 31.3 Å². The number of carbonyl (C=O) groups excluding carboxylic acids is 2. The van der Waals surface area contributed by atoms with E-state index in [0.717, 1.165) is 12.1 Å². The first-order chi connectivity index (χ1) is 21.3. The molecule has 8 nitrogen and oxygen atoms in total. The Morgan fingerprint density at radius 1 is 0.711 bits per heavy atom. The van der Waals surface area contributed by atoms with Crippen LogP contribution in [0, 0.1) is 0 Å². The SMILES string of the molecule is Nc1cc(N)cc(C(=O)OCCCCOC(=O)C=Cc2ccc(OC(F)(F)c3ccc(OCCCCC(F)(F)F)cc3)cc2)c1. The van der Waals surface area contributed by atoms with Crippen molar-refractivity contribution in [2.45, 2.75) is 44.4 Å². The Bertz CT molecular complexity index is 1410. The van der Waals surface area contributed by atoms with Crippen molar-refractivity contribution < 1.29 is 50.5 Å². The normalized spacial score (nSPS) is 11.8. The molecule has 0 aliphatic rings. The summed E-state index contributed by atoms with van der Waals surface area (Å²) in [4.78, 5) is 24.0. The largest absolute Gasteiger partial charge is 0.494 e. The molecule has 0 saturated carbocycles. The van der Waals surface area contributed by atoms with Gasteiger partial charge in [-0.2, -0.15) is 22.0 Å². The van der Waals surface area contributed by atoms with Gasteiger partial charge in [-0.3, -0.25) is 0 Å². The van der Waals surface area contributed by atoms with Gasteiger partial charge in [0.1, 0.15) is 11.5 Å². The molecule has 0 aliphatic heterocycles. The minimum Gasteiger partial charge on any atom is -0.494 e. The van der Waals surface area contributed by atoms with Crippen LogP contribution in [0.1, 0.15) is 53.6 Å². The number of anilines is 2. The average Bonchev–Trinajstić information content (AvgIpc) is 2.97. The molecule has 0 bridgehead atoms. The van der Waals surface area contributed by atoms with Gasteiger partial charge in [0.2, 0.25) is 0 Å². The summed E-state index contributed by atoms with van der Waals surface area (Å²) in [5.74, 6) is -1.04. The molecule has 0 fully saturated rings. The molecule has 0 unspecified atom stereocenters. The van der Waals surface area contributed by atoms with Crippen LogP contribution >= 0.6 is 0 Å². The Morgan fingerprint density at radius 3 is 1.91 bits per heavy atom. The number of unbranched alkanes of at least 4 members (excludes halogenated alkanes) is 2. The minimum absolute atomic E-state index is 0.0304. The number of alkyl halides is 5. The molecule has 242 valence electrons. The maximum atomic E-state index is 14.7. The van der Waals surface area contributed by atoms with Gasteiger partial charge in [-0.15, -0.1) is 0 Å². The number of halogens is 5. The number of hydrogen-bond acceptors (Lipinski definition) is 8. The third-order valence-corrected chi connectivity index (χ3v) is 6.08. The van der Waals surface area contributed by atoms with Crippen LogP contribution < -0.4 is 20.9 Å². The lowest BCUT2D eigenvalue weighted by Gasteiger charge is -2.18. The third-order valence-electron chi connectivity index (χ3n) is 6.08. The van der Waals surface area contributed by atoms with Crippen molar-refractivity contribution in [3.63, 3.8) is 0 Å². The van der Waals surface area contributed by atoms with Crippen molar-refractivity contribution in [3.8, 4) is 11.5 Å². The lowest BCUT2D eigenvalue weighted by atomic mass is 10.2. The van der Waals surface area contributed by atoms with Gasteiger partial charge >= 0.3 is 24.2 Å². The van der Waals surface area contributed by atoms with Gasteiger partial charge in [0.15, 0.2) is 0 Å². The highest BCUT2D eigenvalue weighted by molar-refractivity contribution is 5.91. The number of benzene rings is 3. The molecule has 0 saturated heterocycles. The topological polar surface area (TPSA) is 123 Å². The van der Waals surface area contributed by atoms with Crippen LogP contribution in [-0.4, -0.2) is 37.9 Å². The Hall–Kier alpha value is -4.81. The van der Waals surface area contributed by atoms with Crippen LogP contribution in [0.3, 0.4) is 0 Å². The second-order valence-corrected chi connectivity index (χ2v) is 9.87. The maximum absolute atomic E-state index is 14.7. The van der Waals surface area contributed by atoms with Gasteiger partial charge in [-0.25, -0.2) is 9.59 Å². The zero-order valence-corrected chi connectivity index (χ0v) is 24.2. The fourth-order valence-corrected chi connectivity index (χ4v) is 3.85. The first-order valence-corrected chi connectivity index (χ1v) is 14.0. The Morgan fingerprint density at radius 2 is 1.29 bits per heavy atom. The molecule has 4 N–H and O–H groups in total. The highest BCUT2D eigenvalue weighted by atomic mass is 19.4.